The lowest BCUT2D eigenvalue weighted by Gasteiger charge is -2.14. The zero-order valence-corrected chi connectivity index (χ0v) is 13.2. The van der Waals surface area contributed by atoms with Crippen molar-refractivity contribution in [1.82, 2.24) is 0 Å². The Balaban J connectivity index is 4.31. The van der Waals surface area contributed by atoms with Gasteiger partial charge in [0.1, 0.15) is 6.79 Å². The molecule has 0 amide bonds. The van der Waals surface area contributed by atoms with E-state index in [0.29, 0.717) is 19.8 Å². The number of ether oxygens (including phenoxy) is 2. The van der Waals surface area contributed by atoms with Gasteiger partial charge in [0.05, 0.1) is 26.0 Å². The van der Waals surface area contributed by atoms with Crippen LogP contribution in [0.2, 0.25) is 0 Å². The first-order chi connectivity index (χ1) is 9.11. The molecular formula is C13H25O5P. The predicted octanol–water partition coefficient (Wildman–Crippen LogP) is 3.38. The fourth-order valence-electron chi connectivity index (χ4n) is 1.34. The van der Waals surface area contributed by atoms with Crippen molar-refractivity contribution in [1.29, 1.82) is 0 Å². The zero-order chi connectivity index (χ0) is 14.6. The highest BCUT2D eigenvalue weighted by Crippen LogP contribution is 2.47. The van der Waals surface area contributed by atoms with Crippen LogP contribution in [0.25, 0.3) is 0 Å². The van der Waals surface area contributed by atoms with Crippen molar-refractivity contribution in [3.05, 3.63) is 23.8 Å². The first kappa shape index (κ1) is 18.6. The molecule has 0 saturated heterocycles. The van der Waals surface area contributed by atoms with Gasteiger partial charge in [-0.05, 0) is 26.3 Å². The van der Waals surface area contributed by atoms with Crippen LogP contribution < -0.4 is 0 Å². The van der Waals surface area contributed by atoms with Crippen molar-refractivity contribution in [2.75, 3.05) is 39.9 Å². The van der Waals surface area contributed by atoms with Crippen molar-refractivity contribution in [3.63, 3.8) is 0 Å². The molecule has 6 heteroatoms. The molecule has 0 atom stereocenters. The van der Waals surface area contributed by atoms with E-state index in [2.05, 4.69) is 0 Å². The van der Waals surface area contributed by atoms with Crippen molar-refractivity contribution in [2.24, 2.45) is 0 Å². The third-order valence-corrected chi connectivity index (χ3v) is 4.11. The summed E-state index contributed by atoms with van der Waals surface area (Å²) in [4.78, 5) is 0. The molecule has 19 heavy (non-hydrogen) atoms. The Morgan fingerprint density at radius 3 is 2.32 bits per heavy atom. The van der Waals surface area contributed by atoms with E-state index >= 15 is 0 Å². The Kier molecular flexibility index (Phi) is 11.1. The molecule has 0 aromatic heterocycles. The van der Waals surface area contributed by atoms with E-state index in [1.165, 1.54) is 0 Å². The topological polar surface area (TPSA) is 54.0 Å². The number of hydrogen-bond acceptors (Lipinski definition) is 5. The predicted molar refractivity (Wildman–Crippen MR) is 76.5 cm³/mol. The van der Waals surface area contributed by atoms with Crippen LogP contribution in [-0.2, 0) is 23.1 Å². The third-order valence-electron chi connectivity index (χ3n) is 2.15. The van der Waals surface area contributed by atoms with Gasteiger partial charge in [-0.2, -0.15) is 0 Å². The fourth-order valence-corrected chi connectivity index (χ4v) is 2.78. The smallest absolute Gasteiger partial charge is 0.334 e. The zero-order valence-electron chi connectivity index (χ0n) is 12.3. The minimum absolute atomic E-state index is 0.252. The van der Waals surface area contributed by atoms with Crippen molar-refractivity contribution < 1.29 is 23.1 Å². The van der Waals surface area contributed by atoms with Crippen LogP contribution in [0.5, 0.6) is 0 Å². The fraction of sp³-hybridized carbons (Fsp3) is 0.692. The highest BCUT2D eigenvalue weighted by molar-refractivity contribution is 7.54. The molecule has 112 valence electrons. The Bertz CT molecular complexity index is 315. The number of hydrogen-bond donors (Lipinski definition) is 0. The molecule has 0 unspecified atom stereocenters. The maximum Gasteiger partial charge on any atom is 0.334 e. The molecule has 0 aliphatic carbocycles. The first-order valence-corrected chi connectivity index (χ1v) is 8.11. The van der Waals surface area contributed by atoms with Crippen LogP contribution in [0, 0.1) is 0 Å². The van der Waals surface area contributed by atoms with Crippen molar-refractivity contribution in [3.8, 4) is 0 Å². The summed E-state index contributed by atoms with van der Waals surface area (Å²) in [7, 11) is -1.42. The Labute approximate surface area is 116 Å². The number of methoxy groups -OCH3 is 1. The quantitative estimate of drug-likeness (QED) is 0.253. The monoisotopic (exact) mass is 292 g/mol. The van der Waals surface area contributed by atoms with E-state index < -0.39 is 7.60 Å². The van der Waals surface area contributed by atoms with Gasteiger partial charge in [0.15, 0.2) is 0 Å². The lowest BCUT2D eigenvalue weighted by molar-refractivity contribution is -0.0204. The lowest BCUT2D eigenvalue weighted by atomic mass is 10.2. The summed E-state index contributed by atoms with van der Waals surface area (Å²) in [6, 6.07) is 0. The molecule has 0 aromatic rings. The van der Waals surface area contributed by atoms with Crippen molar-refractivity contribution in [2.45, 2.75) is 20.8 Å². The second kappa shape index (κ2) is 11.4. The molecule has 0 aliphatic heterocycles. The second-order valence-electron chi connectivity index (χ2n) is 3.65. The summed E-state index contributed by atoms with van der Waals surface area (Å²) in [5.74, 6) is 0. The van der Waals surface area contributed by atoms with E-state index in [0.717, 1.165) is 5.57 Å². The Morgan fingerprint density at radius 1 is 1.21 bits per heavy atom. The summed E-state index contributed by atoms with van der Waals surface area (Å²) in [6.07, 6.45) is 5.84. The number of rotatable bonds is 11. The molecule has 0 aliphatic rings. The standard InChI is InChI=1S/C13H25O5P/c1-5-13(11-16-12-15-4)9-8-10-19(14,17-6-2)18-7-3/h5,8-9H,6-7,10-12H2,1-4H3/b9-8+,13-5+. The van der Waals surface area contributed by atoms with Gasteiger partial charge >= 0.3 is 7.60 Å². The van der Waals surface area contributed by atoms with Gasteiger partial charge in [-0.15, -0.1) is 0 Å². The number of allylic oxidation sites excluding steroid dienone is 2. The largest absolute Gasteiger partial charge is 0.359 e. The molecule has 0 bridgehead atoms. The van der Waals surface area contributed by atoms with Gasteiger partial charge < -0.3 is 18.5 Å². The molecular weight excluding hydrogens is 267 g/mol. The van der Waals surface area contributed by atoms with Crippen LogP contribution in [0.4, 0.5) is 0 Å². The van der Waals surface area contributed by atoms with E-state index in [1.807, 2.05) is 19.1 Å². The normalized spacial score (nSPS) is 13.4. The summed E-state index contributed by atoms with van der Waals surface area (Å²) in [5, 5.41) is 0. The van der Waals surface area contributed by atoms with Crippen LogP contribution >= 0.6 is 7.60 Å². The summed E-state index contributed by atoms with van der Waals surface area (Å²) < 4.78 is 32.6. The third kappa shape index (κ3) is 9.14. The van der Waals surface area contributed by atoms with E-state index in [-0.39, 0.29) is 13.0 Å². The van der Waals surface area contributed by atoms with Gasteiger partial charge in [-0.25, -0.2) is 0 Å². The molecule has 0 spiro atoms. The minimum Gasteiger partial charge on any atom is -0.359 e. The van der Waals surface area contributed by atoms with E-state index in [4.69, 9.17) is 18.5 Å². The average Bonchev–Trinajstić information content (AvgIpc) is 2.37. The van der Waals surface area contributed by atoms with E-state index in [9.17, 15) is 4.57 Å². The average molecular weight is 292 g/mol. The maximum atomic E-state index is 12.2. The first-order valence-electron chi connectivity index (χ1n) is 6.38. The van der Waals surface area contributed by atoms with Crippen LogP contribution in [0.1, 0.15) is 20.8 Å². The summed E-state index contributed by atoms with van der Waals surface area (Å²) in [6.45, 7) is 6.96. The van der Waals surface area contributed by atoms with Gasteiger partial charge in [0.2, 0.25) is 0 Å². The van der Waals surface area contributed by atoms with Gasteiger partial charge in [0.25, 0.3) is 0 Å². The van der Waals surface area contributed by atoms with Gasteiger partial charge in [0, 0.05) is 7.11 Å². The Morgan fingerprint density at radius 2 is 1.84 bits per heavy atom. The summed E-state index contributed by atoms with van der Waals surface area (Å²) in [5.41, 5.74) is 0.983. The van der Waals surface area contributed by atoms with Crippen LogP contribution in [0.3, 0.4) is 0 Å². The second-order valence-corrected chi connectivity index (χ2v) is 5.75. The Hall–Kier alpha value is -0.450. The van der Waals surface area contributed by atoms with Gasteiger partial charge in [-0.1, -0.05) is 18.2 Å². The minimum atomic E-state index is -3.00. The molecule has 0 N–H and O–H groups in total. The molecule has 0 fully saturated rings. The lowest BCUT2D eigenvalue weighted by Crippen LogP contribution is -2.01. The van der Waals surface area contributed by atoms with E-state index in [1.54, 1.807) is 27.0 Å². The van der Waals surface area contributed by atoms with Gasteiger partial charge in [-0.3, -0.25) is 4.57 Å². The summed E-state index contributed by atoms with van der Waals surface area (Å²) >= 11 is 0. The molecule has 0 heterocycles. The molecule has 0 radical (unpaired) electrons. The van der Waals surface area contributed by atoms with Crippen LogP contribution in [-0.4, -0.2) is 39.9 Å². The highest BCUT2D eigenvalue weighted by atomic mass is 31.2. The van der Waals surface area contributed by atoms with Crippen LogP contribution in [0.15, 0.2) is 23.8 Å². The molecule has 5 nitrogen and oxygen atoms in total. The SMILES string of the molecule is C/C=C(\C=C\CP(=O)(OCC)OCC)COCOC. The maximum absolute atomic E-state index is 12.2. The molecule has 0 rings (SSSR count). The molecule has 0 saturated carbocycles. The molecule has 0 aromatic carbocycles. The highest BCUT2D eigenvalue weighted by Gasteiger charge is 2.20. The van der Waals surface area contributed by atoms with Crippen molar-refractivity contribution >= 4 is 7.60 Å².